The van der Waals surface area contributed by atoms with Crippen molar-refractivity contribution < 1.29 is 20.1 Å². The molecule has 38 heavy (non-hydrogen) atoms. The van der Waals surface area contributed by atoms with E-state index >= 15 is 0 Å². The maximum atomic E-state index is 12.3. The van der Waals surface area contributed by atoms with Gasteiger partial charge in [-0.05, 0) is 61.7 Å². The zero-order valence-corrected chi connectivity index (χ0v) is 22.4. The molecule has 1 aliphatic rings. The third-order valence-corrected chi connectivity index (χ3v) is 7.35. The van der Waals surface area contributed by atoms with Gasteiger partial charge in [0, 0.05) is 24.7 Å². The molecule has 7 N–H and O–H groups in total. The monoisotopic (exact) mass is 525 g/mol. The first-order valence-electron chi connectivity index (χ1n) is 12.9. The Bertz CT molecular complexity index is 1260. The van der Waals surface area contributed by atoms with Crippen molar-refractivity contribution >= 4 is 23.1 Å². The molecule has 3 aromatic rings. The Morgan fingerprint density at radius 3 is 2.61 bits per heavy atom. The van der Waals surface area contributed by atoms with Crippen LogP contribution in [0.4, 0.5) is 16.3 Å². The summed E-state index contributed by atoms with van der Waals surface area (Å²) in [5.41, 5.74) is 7.10. The van der Waals surface area contributed by atoms with E-state index in [2.05, 4.69) is 41.5 Å². The minimum Gasteiger partial charge on any atom is -0.390 e. The number of hydrogen-bond donors (Lipinski definition) is 6. The minimum absolute atomic E-state index is 0.0539. The van der Waals surface area contributed by atoms with Crippen LogP contribution in [-0.4, -0.2) is 79.7 Å². The van der Waals surface area contributed by atoms with Crippen molar-refractivity contribution in [2.45, 2.75) is 56.8 Å². The van der Waals surface area contributed by atoms with Crippen LogP contribution in [0.5, 0.6) is 0 Å². The molecule has 11 heteroatoms. The number of benzene rings is 1. The number of anilines is 2. The lowest BCUT2D eigenvalue weighted by molar-refractivity contribution is -0.0955. The van der Waals surface area contributed by atoms with Crippen molar-refractivity contribution in [1.29, 1.82) is 0 Å². The third kappa shape index (κ3) is 5.75. The maximum absolute atomic E-state index is 12.3. The topological polar surface area (TPSA) is 161 Å². The van der Waals surface area contributed by atoms with Gasteiger partial charge in [-0.3, -0.25) is 0 Å². The fraction of sp³-hybridized carbons (Fsp3) is 0.519. The number of aliphatic hydroxyl groups excluding tert-OH is 2. The van der Waals surface area contributed by atoms with Crippen LogP contribution in [0.2, 0.25) is 0 Å². The van der Waals surface area contributed by atoms with Crippen LogP contribution in [-0.2, 0) is 11.0 Å². The van der Waals surface area contributed by atoms with Gasteiger partial charge in [-0.25, -0.2) is 14.3 Å². The molecule has 1 saturated carbocycles. The second-order valence-corrected chi connectivity index (χ2v) is 11.3. The van der Waals surface area contributed by atoms with Crippen LogP contribution >= 0.6 is 0 Å². The molecule has 2 aromatic heterocycles. The molecule has 0 aliphatic heterocycles. The molecule has 0 radical (unpaired) electrons. The predicted octanol–water partition coefficient (Wildman–Crippen LogP) is 1.68. The number of nitrogens with one attached hydrogen (secondary N) is 2. The van der Waals surface area contributed by atoms with Gasteiger partial charge in [0.2, 0.25) is 0 Å². The number of nitrogen functional groups attached to an aromatic ring is 1. The van der Waals surface area contributed by atoms with Gasteiger partial charge in [0.1, 0.15) is 23.5 Å². The van der Waals surface area contributed by atoms with E-state index in [1.165, 1.54) is 16.4 Å². The molecule has 0 unspecified atom stereocenters. The van der Waals surface area contributed by atoms with Crippen molar-refractivity contribution in [2.24, 2.45) is 5.92 Å². The second-order valence-electron chi connectivity index (χ2n) is 11.3. The lowest BCUT2D eigenvalue weighted by atomic mass is 9.87. The summed E-state index contributed by atoms with van der Waals surface area (Å²) in [5, 5.41) is 42.8. The summed E-state index contributed by atoms with van der Waals surface area (Å²) in [5.74, 6) is -0.100. The summed E-state index contributed by atoms with van der Waals surface area (Å²) in [4.78, 5) is 18.2. The van der Waals surface area contributed by atoms with E-state index < -0.39 is 17.8 Å². The van der Waals surface area contributed by atoms with Crippen molar-refractivity contribution in [3.63, 3.8) is 0 Å². The second kappa shape index (κ2) is 10.9. The highest BCUT2D eigenvalue weighted by molar-refractivity contribution is 5.89. The van der Waals surface area contributed by atoms with Gasteiger partial charge < -0.3 is 36.6 Å². The summed E-state index contributed by atoms with van der Waals surface area (Å²) in [6, 6.07) is 10.9. The molecule has 0 bridgehead atoms. The number of amides is 2. The first-order valence-corrected chi connectivity index (χ1v) is 12.9. The van der Waals surface area contributed by atoms with E-state index in [-0.39, 0.29) is 29.6 Å². The molecule has 2 heterocycles. The summed E-state index contributed by atoms with van der Waals surface area (Å²) in [7, 11) is 1.91. The molecular weight excluding hydrogens is 486 g/mol. The number of urea groups is 1. The number of carbonyl (C=O) groups excluding carboxylic acids is 1. The SMILES string of the molecule is CN(CCCNC(=O)Nc1ccc(C(C)(C)C)cc1)C[C@H]1C[C@@](O)(c2ccc3c(N)ncnn23)[C@H](O)[C@@H]1O. The molecule has 1 aromatic carbocycles. The van der Waals surface area contributed by atoms with Crippen LogP contribution in [0.15, 0.2) is 42.7 Å². The molecule has 4 rings (SSSR count). The van der Waals surface area contributed by atoms with Gasteiger partial charge in [0.25, 0.3) is 0 Å². The predicted molar refractivity (Wildman–Crippen MR) is 146 cm³/mol. The van der Waals surface area contributed by atoms with E-state index in [4.69, 9.17) is 5.73 Å². The van der Waals surface area contributed by atoms with E-state index in [1.54, 1.807) is 12.1 Å². The standard InChI is InChI=1S/C27H39N7O4/c1-26(2,3)18-6-8-19(9-7-18)32-25(37)29-12-5-13-33(4)15-17-14-27(38,23(36)22(17)35)21-11-10-20-24(28)30-16-31-34(20)21/h6-11,16-17,22-23,35-36,38H,5,12-15H2,1-4H3,(H2,28,30,31)(H2,29,32,37)/t17-,22-,23-,27-/m1/s1. The minimum atomic E-state index is -1.68. The highest BCUT2D eigenvalue weighted by Crippen LogP contribution is 2.43. The molecule has 4 atom stereocenters. The number of nitrogens with two attached hydrogens (primary N) is 1. The maximum Gasteiger partial charge on any atom is 0.319 e. The Labute approximate surface area is 222 Å². The van der Waals surface area contributed by atoms with E-state index in [0.29, 0.717) is 37.3 Å². The number of aliphatic hydroxyl groups is 3. The van der Waals surface area contributed by atoms with Crippen LogP contribution in [0.3, 0.4) is 0 Å². The molecule has 1 fully saturated rings. The third-order valence-electron chi connectivity index (χ3n) is 7.35. The molecule has 206 valence electrons. The molecule has 11 nitrogen and oxygen atoms in total. The zero-order chi connectivity index (χ0) is 27.7. The lowest BCUT2D eigenvalue weighted by Gasteiger charge is -2.26. The summed E-state index contributed by atoms with van der Waals surface area (Å²) < 4.78 is 1.46. The van der Waals surface area contributed by atoms with E-state index in [0.717, 1.165) is 5.69 Å². The molecule has 2 amide bonds. The van der Waals surface area contributed by atoms with Crippen LogP contribution < -0.4 is 16.4 Å². The summed E-state index contributed by atoms with van der Waals surface area (Å²) >= 11 is 0. The Morgan fingerprint density at radius 1 is 1.21 bits per heavy atom. The molecule has 1 aliphatic carbocycles. The Balaban J connectivity index is 1.25. The Kier molecular flexibility index (Phi) is 7.93. The first-order chi connectivity index (χ1) is 17.9. The lowest BCUT2D eigenvalue weighted by Crippen LogP contribution is -2.41. The van der Waals surface area contributed by atoms with Gasteiger partial charge in [-0.2, -0.15) is 5.10 Å². The van der Waals surface area contributed by atoms with Crippen LogP contribution in [0.1, 0.15) is 44.9 Å². The number of nitrogens with zero attached hydrogens (tertiary/aromatic N) is 4. The van der Waals surface area contributed by atoms with Gasteiger partial charge in [-0.15, -0.1) is 0 Å². The quantitative estimate of drug-likeness (QED) is 0.242. The van der Waals surface area contributed by atoms with E-state index in [1.807, 2.05) is 36.2 Å². The number of carbonyl (C=O) groups is 1. The Morgan fingerprint density at radius 2 is 1.92 bits per heavy atom. The zero-order valence-electron chi connectivity index (χ0n) is 22.4. The van der Waals surface area contributed by atoms with Crippen molar-refractivity contribution in [1.82, 2.24) is 24.8 Å². The summed E-state index contributed by atoms with van der Waals surface area (Å²) in [6.07, 6.45) is -0.347. The fourth-order valence-electron chi connectivity index (χ4n) is 5.16. The van der Waals surface area contributed by atoms with Crippen molar-refractivity contribution in [2.75, 3.05) is 37.7 Å². The molecule has 0 spiro atoms. The van der Waals surface area contributed by atoms with E-state index in [9.17, 15) is 20.1 Å². The average molecular weight is 526 g/mol. The average Bonchev–Trinajstić information content (AvgIpc) is 3.39. The van der Waals surface area contributed by atoms with Crippen LogP contribution in [0, 0.1) is 5.92 Å². The number of hydrogen-bond acceptors (Lipinski definition) is 8. The number of fused-ring (bicyclic) bond motifs is 1. The van der Waals surface area contributed by atoms with Gasteiger partial charge >= 0.3 is 6.03 Å². The van der Waals surface area contributed by atoms with Gasteiger partial charge in [0.05, 0.1) is 11.8 Å². The highest BCUT2D eigenvalue weighted by Gasteiger charge is 2.54. The largest absolute Gasteiger partial charge is 0.390 e. The summed E-state index contributed by atoms with van der Waals surface area (Å²) in [6.45, 7) is 8.04. The Hall–Kier alpha value is -3.25. The fourth-order valence-corrected chi connectivity index (χ4v) is 5.16. The smallest absolute Gasteiger partial charge is 0.319 e. The van der Waals surface area contributed by atoms with Gasteiger partial charge in [0.15, 0.2) is 5.82 Å². The van der Waals surface area contributed by atoms with Crippen molar-refractivity contribution in [3.8, 4) is 0 Å². The highest BCUT2D eigenvalue weighted by atomic mass is 16.4. The molecular formula is C27H39N7O4. The van der Waals surface area contributed by atoms with Crippen LogP contribution in [0.25, 0.3) is 5.52 Å². The number of rotatable bonds is 8. The normalized spacial score (nSPS) is 23.7. The van der Waals surface area contributed by atoms with Crippen molar-refractivity contribution in [3.05, 3.63) is 54.0 Å². The molecule has 0 saturated heterocycles. The first kappa shape index (κ1) is 27.8. The van der Waals surface area contributed by atoms with Gasteiger partial charge in [-0.1, -0.05) is 32.9 Å². The number of aromatic nitrogens is 3.